The summed E-state index contributed by atoms with van der Waals surface area (Å²) in [4.78, 5) is 0. The van der Waals surface area contributed by atoms with Crippen LogP contribution in [-0.4, -0.2) is 7.11 Å². The topological polar surface area (TPSA) is 9.23 Å². The summed E-state index contributed by atoms with van der Waals surface area (Å²) in [7, 11) is 1.28. The minimum Gasteiger partial charge on any atom is -0.491 e. The molecule has 2 fully saturated rings. The van der Waals surface area contributed by atoms with E-state index in [2.05, 4.69) is 31.2 Å². The van der Waals surface area contributed by atoms with Gasteiger partial charge in [-0.15, -0.1) is 0 Å². The Morgan fingerprint density at radius 3 is 2.26 bits per heavy atom. The molecule has 3 heteroatoms. The van der Waals surface area contributed by atoms with E-state index in [-0.39, 0.29) is 5.75 Å². The molecule has 166 valence electrons. The van der Waals surface area contributed by atoms with Gasteiger partial charge in [0.2, 0.25) is 0 Å². The van der Waals surface area contributed by atoms with E-state index in [4.69, 9.17) is 4.74 Å². The number of hydrogen-bond donors (Lipinski definition) is 0. The largest absolute Gasteiger partial charge is 0.491 e. The molecule has 0 saturated heterocycles. The van der Waals surface area contributed by atoms with Crippen molar-refractivity contribution in [2.75, 3.05) is 7.11 Å². The molecule has 0 aromatic heterocycles. The summed E-state index contributed by atoms with van der Waals surface area (Å²) in [6.07, 6.45) is 15.1. The van der Waals surface area contributed by atoms with Crippen molar-refractivity contribution in [1.82, 2.24) is 0 Å². The molecule has 4 atom stereocenters. The van der Waals surface area contributed by atoms with Gasteiger partial charge in [0.15, 0.2) is 17.4 Å². The standard InChI is InChI=1S/C28H34F2O/c1-3-4-5-6-19-7-8-24-16-23(14-13-22(24)15-19)20-9-11-21(12-10-20)25-17-26(29)28(31-2)27(30)18-25/h3-4,9-12,17-19,22-24H,5-8,13-16H2,1-2H3/b4-3+. The van der Waals surface area contributed by atoms with Gasteiger partial charge in [-0.3, -0.25) is 0 Å². The van der Waals surface area contributed by atoms with Gasteiger partial charge in [-0.05, 0) is 104 Å². The fraction of sp³-hybridized carbons (Fsp3) is 0.500. The Bertz CT molecular complexity index is 879. The maximum Gasteiger partial charge on any atom is 0.190 e. The zero-order valence-electron chi connectivity index (χ0n) is 18.7. The molecule has 2 aliphatic rings. The lowest BCUT2D eigenvalue weighted by molar-refractivity contribution is 0.115. The molecule has 2 aromatic rings. The van der Waals surface area contributed by atoms with Crippen molar-refractivity contribution in [3.05, 3.63) is 65.7 Å². The number of allylic oxidation sites excluding steroid dienone is 2. The molecule has 2 aliphatic carbocycles. The molecule has 0 aliphatic heterocycles. The Balaban J connectivity index is 1.39. The van der Waals surface area contributed by atoms with Crippen molar-refractivity contribution >= 4 is 0 Å². The number of hydrogen-bond acceptors (Lipinski definition) is 1. The molecule has 2 saturated carbocycles. The van der Waals surface area contributed by atoms with Gasteiger partial charge in [-0.2, -0.15) is 0 Å². The van der Waals surface area contributed by atoms with E-state index in [0.717, 1.165) is 23.3 Å². The first kappa shape index (κ1) is 22.0. The summed E-state index contributed by atoms with van der Waals surface area (Å²) in [5.41, 5.74) is 2.74. The molecule has 0 amide bonds. The lowest BCUT2D eigenvalue weighted by atomic mass is 9.63. The van der Waals surface area contributed by atoms with Gasteiger partial charge in [0, 0.05) is 0 Å². The second-order valence-electron chi connectivity index (χ2n) is 9.45. The quantitative estimate of drug-likeness (QED) is 0.424. The summed E-state index contributed by atoms with van der Waals surface area (Å²) in [5.74, 6) is 1.64. The second kappa shape index (κ2) is 9.97. The summed E-state index contributed by atoms with van der Waals surface area (Å²) < 4.78 is 32.9. The van der Waals surface area contributed by atoms with Gasteiger partial charge >= 0.3 is 0 Å². The molecule has 0 radical (unpaired) electrons. The van der Waals surface area contributed by atoms with Crippen LogP contribution in [0.1, 0.15) is 69.8 Å². The van der Waals surface area contributed by atoms with E-state index in [9.17, 15) is 8.78 Å². The predicted molar refractivity (Wildman–Crippen MR) is 123 cm³/mol. The number of rotatable bonds is 6. The van der Waals surface area contributed by atoms with Gasteiger partial charge in [-0.25, -0.2) is 8.78 Å². The van der Waals surface area contributed by atoms with Crippen LogP contribution >= 0.6 is 0 Å². The molecule has 2 aromatic carbocycles. The third kappa shape index (κ3) is 5.02. The maximum absolute atomic E-state index is 14.1. The normalized spacial score (nSPS) is 26.1. The highest BCUT2D eigenvalue weighted by molar-refractivity contribution is 5.65. The van der Waals surface area contributed by atoms with E-state index < -0.39 is 11.6 Å². The van der Waals surface area contributed by atoms with Gasteiger partial charge < -0.3 is 4.74 Å². The zero-order valence-corrected chi connectivity index (χ0v) is 18.7. The van der Waals surface area contributed by atoms with Crippen LogP contribution < -0.4 is 4.74 Å². The second-order valence-corrected chi connectivity index (χ2v) is 9.45. The molecule has 1 nitrogen and oxygen atoms in total. The molecule has 4 rings (SSSR count). The number of fused-ring (bicyclic) bond motifs is 1. The summed E-state index contributed by atoms with van der Waals surface area (Å²) in [6, 6.07) is 11.0. The monoisotopic (exact) mass is 424 g/mol. The van der Waals surface area contributed by atoms with Crippen molar-refractivity contribution in [2.45, 2.75) is 64.2 Å². The van der Waals surface area contributed by atoms with Crippen LogP contribution in [0.25, 0.3) is 11.1 Å². The summed E-state index contributed by atoms with van der Waals surface area (Å²) in [5, 5.41) is 0. The first-order valence-electron chi connectivity index (χ1n) is 11.8. The van der Waals surface area contributed by atoms with E-state index in [1.165, 1.54) is 76.2 Å². The Morgan fingerprint density at radius 1 is 0.903 bits per heavy atom. The SMILES string of the molecule is C/C=C/CCC1CCC2CC(c3ccc(-c4cc(F)c(OC)c(F)c4)cc3)CCC2C1. The van der Waals surface area contributed by atoms with Crippen LogP contribution in [0.4, 0.5) is 8.78 Å². The van der Waals surface area contributed by atoms with Gasteiger partial charge in [-0.1, -0.05) is 42.8 Å². The summed E-state index contributed by atoms with van der Waals surface area (Å²) in [6.45, 7) is 2.11. The van der Waals surface area contributed by atoms with Crippen molar-refractivity contribution < 1.29 is 13.5 Å². The first-order valence-corrected chi connectivity index (χ1v) is 11.8. The first-order chi connectivity index (χ1) is 15.1. The minimum atomic E-state index is -0.666. The van der Waals surface area contributed by atoms with Crippen molar-refractivity contribution in [1.29, 1.82) is 0 Å². The highest BCUT2D eigenvalue weighted by atomic mass is 19.1. The molecular formula is C28H34F2O. The van der Waals surface area contributed by atoms with Crippen molar-refractivity contribution in [2.24, 2.45) is 17.8 Å². The summed E-state index contributed by atoms with van der Waals surface area (Å²) >= 11 is 0. The Kier molecular flexibility index (Phi) is 7.09. The van der Waals surface area contributed by atoms with Crippen LogP contribution in [0.15, 0.2) is 48.6 Å². The van der Waals surface area contributed by atoms with Crippen LogP contribution in [0.2, 0.25) is 0 Å². The van der Waals surface area contributed by atoms with Gasteiger partial charge in [0.1, 0.15) is 0 Å². The van der Waals surface area contributed by atoms with Gasteiger partial charge in [0.05, 0.1) is 7.11 Å². The average molecular weight is 425 g/mol. The lowest BCUT2D eigenvalue weighted by Crippen LogP contribution is -2.30. The molecule has 0 heterocycles. The maximum atomic E-state index is 14.1. The highest BCUT2D eigenvalue weighted by Crippen LogP contribution is 2.48. The van der Waals surface area contributed by atoms with E-state index in [1.54, 1.807) is 0 Å². The number of methoxy groups -OCH3 is 1. The molecule has 0 spiro atoms. The third-order valence-corrected chi connectivity index (χ3v) is 7.62. The number of halogens is 2. The molecule has 0 N–H and O–H groups in total. The fourth-order valence-electron chi connectivity index (χ4n) is 5.92. The smallest absolute Gasteiger partial charge is 0.190 e. The van der Waals surface area contributed by atoms with Crippen molar-refractivity contribution in [3.8, 4) is 16.9 Å². The fourth-order valence-corrected chi connectivity index (χ4v) is 5.92. The van der Waals surface area contributed by atoms with E-state index in [1.807, 2.05) is 12.1 Å². The molecule has 0 bridgehead atoms. The van der Waals surface area contributed by atoms with Crippen LogP contribution in [0, 0.1) is 29.4 Å². The number of ether oxygens (including phenoxy) is 1. The predicted octanol–water partition coefficient (Wildman–Crippen LogP) is 8.30. The highest BCUT2D eigenvalue weighted by Gasteiger charge is 2.35. The Hall–Kier alpha value is -2.16. The van der Waals surface area contributed by atoms with Crippen molar-refractivity contribution in [3.63, 3.8) is 0 Å². The third-order valence-electron chi connectivity index (χ3n) is 7.62. The van der Waals surface area contributed by atoms with Crippen LogP contribution in [0.5, 0.6) is 5.75 Å². The average Bonchev–Trinajstić information content (AvgIpc) is 2.79. The zero-order chi connectivity index (χ0) is 21.8. The van der Waals surface area contributed by atoms with Gasteiger partial charge in [0.25, 0.3) is 0 Å². The molecular weight excluding hydrogens is 390 g/mol. The Morgan fingerprint density at radius 2 is 1.58 bits per heavy atom. The van der Waals surface area contributed by atoms with Crippen LogP contribution in [-0.2, 0) is 0 Å². The minimum absolute atomic E-state index is 0.325. The molecule has 31 heavy (non-hydrogen) atoms. The molecule has 4 unspecified atom stereocenters. The van der Waals surface area contributed by atoms with E-state index >= 15 is 0 Å². The van der Waals surface area contributed by atoms with E-state index in [0.29, 0.717) is 11.5 Å². The number of benzene rings is 2. The van der Waals surface area contributed by atoms with Crippen LogP contribution in [0.3, 0.4) is 0 Å². The Labute approximate surface area is 185 Å². The lowest BCUT2D eigenvalue weighted by Gasteiger charge is -2.42.